The van der Waals surface area contributed by atoms with Crippen molar-refractivity contribution in [2.45, 2.75) is 12.5 Å². The summed E-state index contributed by atoms with van der Waals surface area (Å²) >= 11 is 0. The van der Waals surface area contributed by atoms with E-state index in [0.717, 1.165) is 18.5 Å². The number of rotatable bonds is 2. The maximum absolute atomic E-state index is 9.87. The van der Waals surface area contributed by atoms with Crippen LogP contribution in [0.2, 0.25) is 0 Å². The van der Waals surface area contributed by atoms with Crippen LogP contribution in [-0.2, 0) is 0 Å². The number of nitrogens with one attached hydrogen (secondary N) is 1. The highest BCUT2D eigenvalue weighted by Gasteiger charge is 2.24. The minimum atomic E-state index is 0.133. The molecule has 0 bridgehead atoms. The molecule has 78 valence electrons. The van der Waals surface area contributed by atoms with Gasteiger partial charge in [0.15, 0.2) is 11.5 Å². The number of ether oxygens (including phenoxy) is 1. The van der Waals surface area contributed by atoms with Gasteiger partial charge in [0.05, 0.1) is 18.7 Å². The van der Waals surface area contributed by atoms with Gasteiger partial charge in [-0.05, 0) is 19.0 Å². The molecule has 1 aromatic rings. The molecule has 1 aromatic carbocycles. The van der Waals surface area contributed by atoms with Gasteiger partial charge in [-0.1, -0.05) is 0 Å². The van der Waals surface area contributed by atoms with Crippen LogP contribution in [0.3, 0.4) is 0 Å². The van der Waals surface area contributed by atoms with Crippen molar-refractivity contribution in [2.75, 3.05) is 13.7 Å². The highest BCUT2D eigenvalue weighted by atomic mass is 16.5. The minimum absolute atomic E-state index is 0.133. The number of hydrogen-bond donors (Lipinski definition) is 2. The van der Waals surface area contributed by atoms with E-state index in [0.29, 0.717) is 11.3 Å². The molecule has 4 heteroatoms. The lowest BCUT2D eigenvalue weighted by molar-refractivity contribution is 0.341. The van der Waals surface area contributed by atoms with Crippen molar-refractivity contribution in [3.8, 4) is 17.6 Å². The largest absolute Gasteiger partial charge is 0.504 e. The van der Waals surface area contributed by atoms with E-state index in [-0.39, 0.29) is 11.8 Å². The molecule has 1 fully saturated rings. The van der Waals surface area contributed by atoms with Crippen molar-refractivity contribution in [1.82, 2.24) is 5.32 Å². The van der Waals surface area contributed by atoms with Gasteiger partial charge < -0.3 is 15.2 Å². The van der Waals surface area contributed by atoms with Gasteiger partial charge in [-0.25, -0.2) is 0 Å². The lowest BCUT2D eigenvalue weighted by atomic mass is 9.95. The first-order valence-electron chi connectivity index (χ1n) is 4.80. The Bertz CT molecular complexity index is 419. The molecule has 0 aliphatic carbocycles. The summed E-state index contributed by atoms with van der Waals surface area (Å²) in [7, 11) is 1.48. The van der Waals surface area contributed by atoms with Gasteiger partial charge in [-0.2, -0.15) is 5.26 Å². The van der Waals surface area contributed by atoms with Gasteiger partial charge in [0.25, 0.3) is 0 Å². The fraction of sp³-hybridized carbons (Fsp3) is 0.364. The zero-order valence-corrected chi connectivity index (χ0v) is 8.45. The van der Waals surface area contributed by atoms with E-state index in [1.165, 1.54) is 13.2 Å². The molecule has 15 heavy (non-hydrogen) atoms. The monoisotopic (exact) mass is 204 g/mol. The fourth-order valence-corrected chi connectivity index (χ4v) is 1.67. The quantitative estimate of drug-likeness (QED) is 0.762. The van der Waals surface area contributed by atoms with Crippen LogP contribution in [0, 0.1) is 11.3 Å². The number of aromatic hydroxyl groups is 1. The zero-order valence-electron chi connectivity index (χ0n) is 8.45. The molecule has 1 saturated heterocycles. The summed E-state index contributed by atoms with van der Waals surface area (Å²) in [6.45, 7) is 0.948. The molecule has 1 aliphatic heterocycles. The average Bonchev–Trinajstić information content (AvgIpc) is 2.18. The van der Waals surface area contributed by atoms with E-state index in [2.05, 4.69) is 11.4 Å². The summed E-state index contributed by atoms with van der Waals surface area (Å²) in [5.41, 5.74) is 1.26. The van der Waals surface area contributed by atoms with Gasteiger partial charge in [-0.3, -0.25) is 0 Å². The highest BCUT2D eigenvalue weighted by Crippen LogP contribution is 2.37. The van der Waals surface area contributed by atoms with Crippen LogP contribution in [0.1, 0.15) is 23.6 Å². The maximum Gasteiger partial charge on any atom is 0.162 e. The summed E-state index contributed by atoms with van der Waals surface area (Å²) in [4.78, 5) is 0. The van der Waals surface area contributed by atoms with Crippen molar-refractivity contribution in [2.24, 2.45) is 0 Å². The van der Waals surface area contributed by atoms with E-state index in [1.54, 1.807) is 6.07 Å². The van der Waals surface area contributed by atoms with Gasteiger partial charge in [0, 0.05) is 17.7 Å². The molecule has 2 rings (SSSR count). The van der Waals surface area contributed by atoms with Crippen LogP contribution in [0.15, 0.2) is 12.1 Å². The molecular weight excluding hydrogens is 192 g/mol. The fourth-order valence-electron chi connectivity index (χ4n) is 1.67. The predicted octanol–water partition coefficient (Wildman–Crippen LogP) is 1.31. The number of methoxy groups -OCH3 is 1. The summed E-state index contributed by atoms with van der Waals surface area (Å²) in [6, 6.07) is 5.44. The molecule has 2 N–H and O–H groups in total. The molecule has 1 atom stereocenters. The summed E-state index contributed by atoms with van der Waals surface area (Å²) in [6.07, 6.45) is 0.978. The number of hydrogen-bond acceptors (Lipinski definition) is 4. The Morgan fingerprint density at radius 3 is 2.80 bits per heavy atom. The molecule has 1 heterocycles. The molecule has 4 nitrogen and oxygen atoms in total. The Morgan fingerprint density at radius 2 is 2.33 bits per heavy atom. The average molecular weight is 204 g/mol. The zero-order chi connectivity index (χ0) is 10.8. The number of phenolic OH excluding ortho intramolecular Hbond substituents is 1. The second-order valence-electron chi connectivity index (χ2n) is 3.52. The molecule has 0 amide bonds. The van der Waals surface area contributed by atoms with Crippen LogP contribution in [0.4, 0.5) is 0 Å². The lowest BCUT2D eigenvalue weighted by Crippen LogP contribution is -2.35. The van der Waals surface area contributed by atoms with Crippen LogP contribution >= 0.6 is 0 Å². The standard InChI is InChI=1S/C11H12N2O2/c1-15-10-5-7(6-12)4-8(11(10)14)9-2-3-13-9/h4-5,9,13-14H,2-3H2,1H3/t9-/m1/s1. The molecule has 0 saturated carbocycles. The van der Waals surface area contributed by atoms with Crippen LogP contribution < -0.4 is 10.1 Å². The highest BCUT2D eigenvalue weighted by molar-refractivity contribution is 5.53. The topological polar surface area (TPSA) is 65.3 Å². The Kier molecular flexibility index (Phi) is 2.48. The molecule has 1 aliphatic rings. The van der Waals surface area contributed by atoms with E-state index in [1.807, 2.05) is 0 Å². The third-order valence-electron chi connectivity index (χ3n) is 2.65. The third-order valence-corrected chi connectivity index (χ3v) is 2.65. The molecule has 0 unspecified atom stereocenters. The first-order valence-corrected chi connectivity index (χ1v) is 4.80. The first kappa shape index (κ1) is 9.81. The molecular formula is C11H12N2O2. The minimum Gasteiger partial charge on any atom is -0.504 e. The Balaban J connectivity index is 2.47. The lowest BCUT2D eigenvalue weighted by Gasteiger charge is -2.29. The van der Waals surface area contributed by atoms with Gasteiger partial charge in [0.1, 0.15) is 0 Å². The van der Waals surface area contributed by atoms with Crippen molar-refractivity contribution < 1.29 is 9.84 Å². The number of nitriles is 1. The Morgan fingerprint density at radius 1 is 1.60 bits per heavy atom. The van der Waals surface area contributed by atoms with Crippen molar-refractivity contribution >= 4 is 0 Å². The number of benzene rings is 1. The number of phenols is 1. The second kappa shape index (κ2) is 3.79. The van der Waals surface area contributed by atoms with Gasteiger partial charge >= 0.3 is 0 Å². The Hall–Kier alpha value is -1.73. The molecule has 0 radical (unpaired) electrons. The second-order valence-corrected chi connectivity index (χ2v) is 3.52. The predicted molar refractivity (Wildman–Crippen MR) is 54.7 cm³/mol. The van der Waals surface area contributed by atoms with Crippen molar-refractivity contribution in [3.05, 3.63) is 23.3 Å². The molecule has 0 spiro atoms. The normalized spacial score (nSPS) is 19.1. The summed E-state index contributed by atoms with van der Waals surface area (Å²) in [5, 5.41) is 21.9. The number of nitrogens with zero attached hydrogens (tertiary/aromatic N) is 1. The SMILES string of the molecule is COc1cc(C#N)cc([C@H]2CCN2)c1O. The summed E-state index contributed by atoms with van der Waals surface area (Å²) < 4.78 is 5.02. The third kappa shape index (κ3) is 1.62. The van der Waals surface area contributed by atoms with Crippen molar-refractivity contribution in [1.29, 1.82) is 5.26 Å². The van der Waals surface area contributed by atoms with Gasteiger partial charge in [0.2, 0.25) is 0 Å². The van der Waals surface area contributed by atoms with Crippen LogP contribution in [-0.4, -0.2) is 18.8 Å². The first-order chi connectivity index (χ1) is 7.26. The Labute approximate surface area is 88.1 Å². The van der Waals surface area contributed by atoms with E-state index >= 15 is 0 Å². The van der Waals surface area contributed by atoms with Gasteiger partial charge in [-0.15, -0.1) is 0 Å². The van der Waals surface area contributed by atoms with Crippen LogP contribution in [0.5, 0.6) is 11.5 Å². The smallest absolute Gasteiger partial charge is 0.162 e. The van der Waals surface area contributed by atoms with E-state index in [9.17, 15) is 5.11 Å². The molecule has 0 aromatic heterocycles. The maximum atomic E-state index is 9.87. The summed E-state index contributed by atoms with van der Waals surface area (Å²) in [5.74, 6) is 0.492. The van der Waals surface area contributed by atoms with Crippen molar-refractivity contribution in [3.63, 3.8) is 0 Å². The van der Waals surface area contributed by atoms with E-state index < -0.39 is 0 Å². The van der Waals surface area contributed by atoms with Crippen LogP contribution in [0.25, 0.3) is 0 Å². The van der Waals surface area contributed by atoms with E-state index in [4.69, 9.17) is 10.00 Å².